The predicted octanol–water partition coefficient (Wildman–Crippen LogP) is 2.67. The number of halogens is 1. The van der Waals surface area contributed by atoms with Crippen LogP contribution in [-0.2, 0) is 11.3 Å². The molecule has 1 aromatic carbocycles. The van der Waals surface area contributed by atoms with Crippen LogP contribution in [-0.4, -0.2) is 10.5 Å². The van der Waals surface area contributed by atoms with E-state index in [1.807, 2.05) is 18.2 Å². The van der Waals surface area contributed by atoms with Gasteiger partial charge in [-0.25, -0.2) is 0 Å². The fourth-order valence-corrected chi connectivity index (χ4v) is 1.93. The van der Waals surface area contributed by atoms with Gasteiger partial charge in [0.25, 0.3) is 5.56 Å². The van der Waals surface area contributed by atoms with E-state index in [2.05, 4.69) is 11.9 Å². The Balaban J connectivity index is 2.30. The van der Waals surface area contributed by atoms with E-state index < -0.39 is 0 Å². The molecule has 0 saturated heterocycles. The lowest BCUT2D eigenvalue weighted by Crippen LogP contribution is -2.20. The highest BCUT2D eigenvalue weighted by Gasteiger charge is 2.04. The third-order valence-electron chi connectivity index (χ3n) is 2.73. The van der Waals surface area contributed by atoms with Crippen LogP contribution in [0.15, 0.2) is 60.0 Å². The average Bonchev–Trinajstić information content (AvgIpc) is 2.44. The van der Waals surface area contributed by atoms with Crippen molar-refractivity contribution in [1.82, 2.24) is 4.57 Å². The molecule has 1 amide bonds. The van der Waals surface area contributed by atoms with E-state index in [0.717, 1.165) is 5.56 Å². The molecule has 2 rings (SSSR count). The second-order valence-corrected chi connectivity index (χ2v) is 4.58. The molecule has 0 saturated carbocycles. The molecule has 4 nitrogen and oxygen atoms in total. The second kappa shape index (κ2) is 6.21. The highest BCUT2D eigenvalue weighted by atomic mass is 35.5. The number of hydrogen-bond acceptors (Lipinski definition) is 2. The average molecular weight is 289 g/mol. The number of aromatic nitrogens is 1. The van der Waals surface area contributed by atoms with Crippen molar-refractivity contribution in [3.05, 3.63) is 76.2 Å². The van der Waals surface area contributed by atoms with Crippen molar-refractivity contribution in [3.63, 3.8) is 0 Å². The third kappa shape index (κ3) is 3.36. The number of amides is 1. The Morgan fingerprint density at radius 2 is 2.05 bits per heavy atom. The maximum atomic E-state index is 11.8. The zero-order chi connectivity index (χ0) is 14.5. The summed E-state index contributed by atoms with van der Waals surface area (Å²) in [6, 6.07) is 10.3. The summed E-state index contributed by atoms with van der Waals surface area (Å²) >= 11 is 6.07. The molecule has 0 aliphatic carbocycles. The summed E-state index contributed by atoms with van der Waals surface area (Å²) in [4.78, 5) is 23.1. The Morgan fingerprint density at radius 1 is 1.30 bits per heavy atom. The van der Waals surface area contributed by atoms with Crippen LogP contribution < -0.4 is 10.9 Å². The molecule has 1 aromatic heterocycles. The molecule has 0 atom stereocenters. The zero-order valence-electron chi connectivity index (χ0n) is 10.7. The molecule has 2 aromatic rings. The van der Waals surface area contributed by atoms with E-state index in [1.165, 1.54) is 16.7 Å². The fourth-order valence-electron chi connectivity index (χ4n) is 1.73. The Hall–Kier alpha value is -2.33. The van der Waals surface area contributed by atoms with Crippen molar-refractivity contribution in [2.24, 2.45) is 0 Å². The zero-order valence-corrected chi connectivity index (χ0v) is 11.4. The summed E-state index contributed by atoms with van der Waals surface area (Å²) in [7, 11) is 0. The van der Waals surface area contributed by atoms with Crippen LogP contribution in [0.5, 0.6) is 0 Å². The van der Waals surface area contributed by atoms with Gasteiger partial charge in [-0.1, -0.05) is 36.4 Å². The highest BCUT2D eigenvalue weighted by molar-refractivity contribution is 6.31. The van der Waals surface area contributed by atoms with E-state index in [9.17, 15) is 9.59 Å². The lowest BCUT2D eigenvalue weighted by atomic mass is 10.2. The third-order valence-corrected chi connectivity index (χ3v) is 3.10. The van der Waals surface area contributed by atoms with Gasteiger partial charge in [0, 0.05) is 17.3 Å². The van der Waals surface area contributed by atoms with E-state index in [0.29, 0.717) is 17.3 Å². The lowest BCUT2D eigenvalue weighted by Gasteiger charge is -2.09. The van der Waals surface area contributed by atoms with E-state index in [-0.39, 0.29) is 11.5 Å². The normalized spacial score (nSPS) is 10.1. The molecule has 0 aliphatic rings. The van der Waals surface area contributed by atoms with Crippen LogP contribution in [0.2, 0.25) is 5.02 Å². The molecule has 0 radical (unpaired) electrons. The van der Waals surface area contributed by atoms with Gasteiger partial charge in [0.15, 0.2) is 0 Å². The van der Waals surface area contributed by atoms with Crippen LogP contribution in [0.3, 0.4) is 0 Å². The van der Waals surface area contributed by atoms with Crippen molar-refractivity contribution in [2.75, 3.05) is 5.32 Å². The summed E-state index contributed by atoms with van der Waals surface area (Å²) in [6.07, 6.45) is 2.75. The van der Waals surface area contributed by atoms with Gasteiger partial charge in [0.2, 0.25) is 5.91 Å². The molecule has 1 N–H and O–H groups in total. The van der Waals surface area contributed by atoms with Crippen molar-refractivity contribution < 1.29 is 4.79 Å². The quantitative estimate of drug-likeness (QED) is 0.880. The summed E-state index contributed by atoms with van der Waals surface area (Å²) < 4.78 is 1.49. The topological polar surface area (TPSA) is 51.1 Å². The van der Waals surface area contributed by atoms with Gasteiger partial charge in [-0.3, -0.25) is 9.59 Å². The lowest BCUT2D eigenvalue weighted by molar-refractivity contribution is -0.111. The number of rotatable bonds is 4. The molecule has 5 heteroatoms. The maximum Gasteiger partial charge on any atom is 0.250 e. The van der Waals surface area contributed by atoms with Gasteiger partial charge < -0.3 is 9.88 Å². The first-order valence-electron chi connectivity index (χ1n) is 5.97. The monoisotopic (exact) mass is 288 g/mol. The molecule has 0 spiro atoms. The van der Waals surface area contributed by atoms with Crippen molar-refractivity contribution in [2.45, 2.75) is 6.54 Å². The molecular formula is C15H13ClN2O2. The van der Waals surface area contributed by atoms with Gasteiger partial charge in [-0.2, -0.15) is 0 Å². The Morgan fingerprint density at radius 3 is 2.75 bits per heavy atom. The fraction of sp³-hybridized carbons (Fsp3) is 0.0667. The largest absolute Gasteiger partial charge is 0.321 e. The van der Waals surface area contributed by atoms with Crippen LogP contribution in [0.25, 0.3) is 0 Å². The van der Waals surface area contributed by atoms with Crippen LogP contribution in [0, 0.1) is 0 Å². The summed E-state index contributed by atoms with van der Waals surface area (Å²) in [6.45, 7) is 3.72. The van der Waals surface area contributed by atoms with Crippen molar-refractivity contribution in [1.29, 1.82) is 0 Å². The van der Waals surface area contributed by atoms with Crippen molar-refractivity contribution >= 4 is 23.2 Å². The number of nitrogens with zero attached hydrogens (tertiary/aromatic N) is 1. The highest BCUT2D eigenvalue weighted by Crippen LogP contribution is 2.16. The first-order valence-corrected chi connectivity index (χ1v) is 6.35. The number of pyridine rings is 1. The molecule has 0 unspecified atom stereocenters. The van der Waals surface area contributed by atoms with E-state index in [4.69, 9.17) is 11.6 Å². The minimum absolute atomic E-state index is 0.165. The summed E-state index contributed by atoms with van der Waals surface area (Å²) in [5.74, 6) is -0.326. The molecular weight excluding hydrogens is 276 g/mol. The number of carbonyl (C=O) groups excluding carboxylic acids is 1. The number of carbonyl (C=O) groups is 1. The van der Waals surface area contributed by atoms with E-state index in [1.54, 1.807) is 18.3 Å². The molecule has 0 aliphatic heterocycles. The number of anilines is 1. The van der Waals surface area contributed by atoms with Gasteiger partial charge >= 0.3 is 0 Å². The molecule has 1 heterocycles. The number of hydrogen-bond donors (Lipinski definition) is 1. The van der Waals surface area contributed by atoms with Crippen LogP contribution in [0.1, 0.15) is 5.56 Å². The SMILES string of the molecule is C=CC(=O)Nc1ccc(=O)n(Cc2ccccc2Cl)c1. The van der Waals surface area contributed by atoms with Gasteiger partial charge in [0.1, 0.15) is 0 Å². The molecule has 102 valence electrons. The van der Waals surface area contributed by atoms with Gasteiger partial charge in [-0.15, -0.1) is 0 Å². The second-order valence-electron chi connectivity index (χ2n) is 4.17. The summed E-state index contributed by atoms with van der Waals surface area (Å²) in [5, 5.41) is 3.21. The maximum absolute atomic E-state index is 11.8. The van der Waals surface area contributed by atoms with Crippen LogP contribution in [0.4, 0.5) is 5.69 Å². The predicted molar refractivity (Wildman–Crippen MR) is 80.1 cm³/mol. The minimum atomic E-state index is -0.326. The van der Waals surface area contributed by atoms with Gasteiger partial charge in [0.05, 0.1) is 12.2 Å². The minimum Gasteiger partial charge on any atom is -0.321 e. The van der Waals surface area contributed by atoms with Crippen molar-refractivity contribution in [3.8, 4) is 0 Å². The number of nitrogens with one attached hydrogen (secondary N) is 1. The number of benzene rings is 1. The Kier molecular flexibility index (Phi) is 4.38. The van der Waals surface area contributed by atoms with Crippen LogP contribution >= 0.6 is 11.6 Å². The molecule has 0 fully saturated rings. The summed E-state index contributed by atoms with van der Waals surface area (Å²) in [5.41, 5.74) is 1.20. The molecule has 0 bridgehead atoms. The first kappa shape index (κ1) is 14.1. The Bertz CT molecular complexity index is 707. The smallest absolute Gasteiger partial charge is 0.250 e. The van der Waals surface area contributed by atoms with Gasteiger partial charge in [-0.05, 0) is 23.8 Å². The van der Waals surface area contributed by atoms with E-state index >= 15 is 0 Å². The first-order chi connectivity index (χ1) is 9.60. The Labute approximate surface area is 121 Å². The standard InChI is InChI=1S/C15H13ClN2O2/c1-2-14(19)17-12-7-8-15(20)18(10-12)9-11-5-3-4-6-13(11)16/h2-8,10H,1,9H2,(H,17,19). The molecule has 20 heavy (non-hydrogen) atoms.